The Bertz CT molecular complexity index is 1250. The number of benzene rings is 3. The molecule has 0 aliphatic carbocycles. The zero-order valence-electron chi connectivity index (χ0n) is 19.9. The van der Waals surface area contributed by atoms with Crippen LogP contribution in [0.4, 0.5) is 5.69 Å². The molecule has 1 aromatic heterocycles. The molecule has 0 unspecified atom stereocenters. The predicted octanol–water partition coefficient (Wildman–Crippen LogP) is 5.27. The van der Waals surface area contributed by atoms with Crippen molar-refractivity contribution in [1.29, 1.82) is 0 Å². The number of aromatic nitrogens is 2. The molecular formula is C27H29ClN4O3. The van der Waals surface area contributed by atoms with Crippen LogP contribution in [0.2, 0.25) is 5.02 Å². The van der Waals surface area contributed by atoms with Gasteiger partial charge in [0.15, 0.2) is 18.1 Å². The lowest BCUT2D eigenvalue weighted by Gasteiger charge is -2.15. The van der Waals surface area contributed by atoms with E-state index >= 15 is 0 Å². The molecule has 8 heteroatoms. The Kier molecular flexibility index (Phi) is 8.23. The lowest BCUT2D eigenvalue weighted by Crippen LogP contribution is -2.20. The predicted molar refractivity (Wildman–Crippen MR) is 139 cm³/mol. The van der Waals surface area contributed by atoms with E-state index < -0.39 is 0 Å². The summed E-state index contributed by atoms with van der Waals surface area (Å²) < 4.78 is 11.5. The van der Waals surface area contributed by atoms with Crippen LogP contribution in [0.1, 0.15) is 23.9 Å². The zero-order chi connectivity index (χ0) is 24.6. The largest absolute Gasteiger partial charge is 0.490 e. The van der Waals surface area contributed by atoms with Crippen molar-refractivity contribution in [3.05, 3.63) is 82.6 Å². The molecule has 7 nitrogen and oxygen atoms in total. The van der Waals surface area contributed by atoms with E-state index in [2.05, 4.69) is 20.6 Å². The van der Waals surface area contributed by atoms with Crippen LogP contribution in [0.3, 0.4) is 0 Å². The Balaban J connectivity index is 1.32. The van der Waals surface area contributed by atoms with Crippen molar-refractivity contribution in [3.63, 3.8) is 0 Å². The molecule has 182 valence electrons. The second-order valence-electron chi connectivity index (χ2n) is 8.15. The lowest BCUT2D eigenvalue weighted by molar-refractivity contribution is -0.118. The molecule has 0 aliphatic heterocycles. The van der Waals surface area contributed by atoms with E-state index in [4.69, 9.17) is 21.1 Å². The van der Waals surface area contributed by atoms with Gasteiger partial charge in [0.05, 0.1) is 17.6 Å². The number of fused-ring (bicyclic) bond motifs is 1. The number of amides is 1. The van der Waals surface area contributed by atoms with Crippen molar-refractivity contribution < 1.29 is 14.3 Å². The Hall–Kier alpha value is -3.55. The molecule has 3 N–H and O–H groups in total. The van der Waals surface area contributed by atoms with Gasteiger partial charge in [0.1, 0.15) is 5.82 Å². The maximum atomic E-state index is 12.3. The first-order chi connectivity index (χ1) is 17.0. The molecular weight excluding hydrogens is 464 g/mol. The number of carbonyl (C=O) groups excluding carboxylic acids is 1. The van der Waals surface area contributed by atoms with Crippen molar-refractivity contribution in [2.45, 2.75) is 26.8 Å². The topological polar surface area (TPSA) is 88.3 Å². The number of nitrogens with one attached hydrogen (secondary N) is 3. The van der Waals surface area contributed by atoms with E-state index in [1.54, 1.807) is 6.07 Å². The maximum Gasteiger partial charge on any atom is 0.262 e. The molecule has 0 fully saturated rings. The number of hydrogen-bond acceptors (Lipinski definition) is 5. The number of aromatic amines is 1. The third-order valence-electron chi connectivity index (χ3n) is 5.40. The van der Waals surface area contributed by atoms with Crippen LogP contribution in [0.15, 0.2) is 60.7 Å². The molecule has 1 amide bonds. The van der Waals surface area contributed by atoms with Gasteiger partial charge in [0.2, 0.25) is 0 Å². The maximum absolute atomic E-state index is 12.3. The average molecular weight is 493 g/mol. The summed E-state index contributed by atoms with van der Waals surface area (Å²) in [5.41, 5.74) is 4.73. The van der Waals surface area contributed by atoms with E-state index in [-0.39, 0.29) is 12.5 Å². The highest BCUT2D eigenvalue weighted by molar-refractivity contribution is 6.31. The first-order valence-corrected chi connectivity index (χ1v) is 12.0. The quantitative estimate of drug-likeness (QED) is 0.248. The highest BCUT2D eigenvalue weighted by Crippen LogP contribution is 2.33. The highest BCUT2D eigenvalue weighted by Gasteiger charge is 2.13. The molecule has 0 atom stereocenters. The van der Waals surface area contributed by atoms with Gasteiger partial charge >= 0.3 is 0 Å². The minimum absolute atomic E-state index is 0.153. The van der Waals surface area contributed by atoms with E-state index in [0.29, 0.717) is 29.7 Å². The molecule has 1 heterocycles. The number of hydrogen-bond donors (Lipinski definition) is 3. The first kappa shape index (κ1) is 24.6. The minimum Gasteiger partial charge on any atom is -0.490 e. The lowest BCUT2D eigenvalue weighted by atomic mass is 10.2. The van der Waals surface area contributed by atoms with Crippen molar-refractivity contribution in [3.8, 4) is 11.5 Å². The molecule has 3 aromatic carbocycles. The van der Waals surface area contributed by atoms with E-state index in [1.165, 1.54) is 0 Å². The van der Waals surface area contributed by atoms with Gasteiger partial charge in [0, 0.05) is 36.3 Å². The third-order valence-corrected chi connectivity index (χ3v) is 5.75. The summed E-state index contributed by atoms with van der Waals surface area (Å²) in [5, 5.41) is 6.76. The summed E-state index contributed by atoms with van der Waals surface area (Å²) in [5.74, 6) is 1.66. The number of nitrogens with zero attached hydrogens (tertiary/aromatic N) is 1. The first-order valence-electron chi connectivity index (χ1n) is 11.6. The number of aryl methyl sites for hydroxylation is 1. The molecule has 0 spiro atoms. The summed E-state index contributed by atoms with van der Waals surface area (Å²) >= 11 is 6.52. The fourth-order valence-electron chi connectivity index (χ4n) is 3.62. The van der Waals surface area contributed by atoms with Gasteiger partial charge in [-0.3, -0.25) is 4.79 Å². The molecule has 0 radical (unpaired) electrons. The van der Waals surface area contributed by atoms with Gasteiger partial charge in [0.25, 0.3) is 5.91 Å². The van der Waals surface area contributed by atoms with Crippen molar-refractivity contribution in [2.75, 3.05) is 25.1 Å². The van der Waals surface area contributed by atoms with Crippen molar-refractivity contribution >= 4 is 34.2 Å². The molecule has 4 rings (SSSR count). The summed E-state index contributed by atoms with van der Waals surface area (Å²) in [7, 11) is 0. The number of halogens is 1. The molecule has 0 bridgehead atoms. The summed E-state index contributed by atoms with van der Waals surface area (Å²) in [4.78, 5) is 20.2. The molecule has 0 aliphatic rings. The number of para-hydroxylation sites is 2. The number of imidazole rings is 1. The van der Waals surface area contributed by atoms with E-state index in [9.17, 15) is 4.79 Å². The van der Waals surface area contributed by atoms with Crippen LogP contribution < -0.4 is 20.1 Å². The number of rotatable bonds is 11. The van der Waals surface area contributed by atoms with Gasteiger partial charge in [-0.05, 0) is 49.7 Å². The molecule has 35 heavy (non-hydrogen) atoms. The normalized spacial score (nSPS) is 10.9. The number of H-pyrrole nitrogens is 1. The number of anilines is 1. The van der Waals surface area contributed by atoms with Crippen molar-refractivity contribution in [2.24, 2.45) is 0 Å². The second kappa shape index (κ2) is 11.7. The van der Waals surface area contributed by atoms with Crippen LogP contribution in [0.25, 0.3) is 11.0 Å². The monoisotopic (exact) mass is 492 g/mol. The fraction of sp³-hybridized carbons (Fsp3) is 0.259. The Labute approximate surface area is 209 Å². The van der Waals surface area contributed by atoms with Crippen LogP contribution in [0, 0.1) is 6.92 Å². The Morgan fingerprint density at radius 2 is 1.83 bits per heavy atom. The highest BCUT2D eigenvalue weighted by atomic mass is 35.5. The smallest absolute Gasteiger partial charge is 0.262 e. The molecule has 0 saturated carbocycles. The van der Waals surface area contributed by atoms with Crippen LogP contribution >= 0.6 is 11.6 Å². The van der Waals surface area contributed by atoms with Crippen molar-refractivity contribution in [1.82, 2.24) is 15.3 Å². The van der Waals surface area contributed by atoms with E-state index in [1.807, 2.05) is 68.4 Å². The molecule has 0 saturated heterocycles. The molecule has 4 aromatic rings. The van der Waals surface area contributed by atoms with Gasteiger partial charge < -0.3 is 25.1 Å². The van der Waals surface area contributed by atoms with Crippen LogP contribution in [-0.2, 0) is 17.8 Å². The zero-order valence-corrected chi connectivity index (χ0v) is 20.6. The van der Waals surface area contributed by atoms with Gasteiger partial charge in [-0.2, -0.15) is 0 Å². The number of ether oxygens (including phenoxy) is 2. The fourth-order valence-corrected chi connectivity index (χ4v) is 3.85. The SMILES string of the molecule is CCOc1cc(CNCCc2nc3ccccc3[nH]2)c(Cl)cc1OCC(=O)Nc1ccc(C)cc1. The second-order valence-corrected chi connectivity index (χ2v) is 8.56. The number of carbonyl (C=O) groups is 1. The Morgan fingerprint density at radius 1 is 1.06 bits per heavy atom. The third kappa shape index (κ3) is 6.74. The average Bonchev–Trinajstić information content (AvgIpc) is 3.27. The van der Waals surface area contributed by atoms with Crippen LogP contribution in [0.5, 0.6) is 11.5 Å². The summed E-state index contributed by atoms with van der Waals surface area (Å²) in [6.07, 6.45) is 0.766. The summed E-state index contributed by atoms with van der Waals surface area (Å²) in [6.45, 7) is 5.50. The Morgan fingerprint density at radius 3 is 2.60 bits per heavy atom. The standard InChI is InChI=1S/C27H29ClN4O3/c1-3-34-24-14-19(16-29-13-12-26-31-22-6-4-5-7-23(22)32-26)21(28)15-25(24)35-17-27(33)30-20-10-8-18(2)9-11-20/h4-11,14-15,29H,3,12-13,16-17H2,1-2H3,(H,30,33)(H,31,32). The summed E-state index contributed by atoms with van der Waals surface area (Å²) in [6, 6.07) is 19.1. The van der Waals surface area contributed by atoms with Gasteiger partial charge in [-0.15, -0.1) is 0 Å². The minimum atomic E-state index is -0.260. The van der Waals surface area contributed by atoms with E-state index in [0.717, 1.165) is 46.6 Å². The van der Waals surface area contributed by atoms with Gasteiger partial charge in [-0.25, -0.2) is 4.98 Å². The van der Waals surface area contributed by atoms with Crippen LogP contribution in [-0.4, -0.2) is 35.6 Å². The van der Waals surface area contributed by atoms with Gasteiger partial charge in [-0.1, -0.05) is 41.4 Å².